The Kier molecular flexibility index (Phi) is 28.8. The number of amides is 1. The van der Waals surface area contributed by atoms with Gasteiger partial charge in [-0.05, 0) is 117 Å². The number of hydrogen-bond acceptors (Lipinski definition) is 32. The molecule has 636 valence electrons. The van der Waals surface area contributed by atoms with Gasteiger partial charge in [0, 0.05) is 24.0 Å². The van der Waals surface area contributed by atoms with Crippen LogP contribution in [0.3, 0.4) is 0 Å². The first kappa shape index (κ1) is 88.9. The van der Waals surface area contributed by atoms with E-state index in [0.717, 1.165) is 44.8 Å². The zero-order valence-electron chi connectivity index (χ0n) is 64.3. The highest BCUT2D eigenvalue weighted by Crippen LogP contribution is 2.76. The smallest absolute Gasteiger partial charge is 0.335 e. The third kappa shape index (κ3) is 17.5. The standard InChI is InChI=1S/C76H123NO33S/c1-34-59(106-65-54(93)48(87)37(81)30-100-65)53(92)57(96)67(102-34)109-62-51(90)47(77-45(84)16-14-12-10-8-9-11-13-15-17-46(85)86)39(28-78)104-70(62)111-33-76-25-24-71(2,3)26-36(76)35-18-19-42-72(4)22-21-44(73(5,32-80)41(72)20-23-74(42,6)75(35,7)27-43(76)83)105-69-63(110-68-56(95)52(91)50(89)40(29-79)103-68)60(58(97)61(108-69)64(98)99)107-66-55(94)49(88)38(82)31-101-66/h18,32,34,36-44,47-63,65-70,78-79,81-83,87-97H,8-17,19-31,33H2,1-7H3,(H,77,84)(H,85,86)(H,98,99)/t34?,36?,37-,38-,39?,40?,41-,42?,43?,44+,47+,48?,49-,50-,51?,52+,53?,54?,55?,56?,57?,58+,59+,60+,61?,62?,63?,65+,66+,67+,68+,69-,70+,72?,73-,74+,75-,76-/m1/s1. The highest BCUT2D eigenvalue weighted by atomic mass is 32.2. The van der Waals surface area contributed by atoms with E-state index in [2.05, 4.69) is 46.0 Å². The number of fused-ring (bicyclic) bond motifs is 7. The summed E-state index contributed by atoms with van der Waals surface area (Å²) in [6.07, 6.45) is -33.8. The van der Waals surface area contributed by atoms with Gasteiger partial charge in [0.2, 0.25) is 5.91 Å². The number of allylic oxidation sites excluding steroid dienone is 2. The predicted molar refractivity (Wildman–Crippen MR) is 383 cm³/mol. The van der Waals surface area contributed by atoms with E-state index in [1.54, 1.807) is 6.92 Å². The molecule has 0 aromatic carbocycles. The molecule has 0 radical (unpaired) electrons. The first-order valence-electron chi connectivity index (χ1n) is 39.7. The van der Waals surface area contributed by atoms with E-state index in [4.69, 9.17) is 57.2 Å². The number of carbonyl (C=O) groups is 4. The van der Waals surface area contributed by atoms with Gasteiger partial charge in [0.1, 0.15) is 128 Å². The first-order valence-corrected chi connectivity index (χ1v) is 40.8. The Morgan fingerprint density at radius 1 is 0.550 bits per heavy atom. The summed E-state index contributed by atoms with van der Waals surface area (Å²) in [5, 5.41) is 201. The molecule has 17 unspecified atom stereocenters. The van der Waals surface area contributed by atoms with Crippen LogP contribution in [-0.2, 0) is 71.3 Å². The Morgan fingerprint density at radius 3 is 1.72 bits per heavy atom. The van der Waals surface area contributed by atoms with Crippen LogP contribution in [0.25, 0.3) is 0 Å². The number of carbonyl (C=O) groups excluding carboxylic acids is 2. The van der Waals surface area contributed by atoms with Crippen molar-refractivity contribution in [1.29, 1.82) is 0 Å². The largest absolute Gasteiger partial charge is 0.481 e. The quantitative estimate of drug-likeness (QED) is 0.0175. The fourth-order valence-electron chi connectivity index (χ4n) is 20.9. The second-order valence-electron chi connectivity index (χ2n) is 35.2. The minimum absolute atomic E-state index is 0.0688. The van der Waals surface area contributed by atoms with Gasteiger partial charge in [-0.1, -0.05) is 91.7 Å². The molecule has 34 nitrogen and oxygen atoms in total. The molecule has 5 aliphatic carbocycles. The van der Waals surface area contributed by atoms with Crippen molar-refractivity contribution in [3.8, 4) is 0 Å². The Morgan fingerprint density at radius 2 is 1.12 bits per heavy atom. The third-order valence-electron chi connectivity index (χ3n) is 27.8. The third-order valence-corrected chi connectivity index (χ3v) is 29.2. The number of aldehydes is 1. The first-order chi connectivity index (χ1) is 52.3. The van der Waals surface area contributed by atoms with Crippen LogP contribution in [0.15, 0.2) is 11.6 Å². The molecule has 35 heteroatoms. The number of aliphatic hydroxyl groups excluding tert-OH is 16. The molecule has 38 atom stereocenters. The van der Waals surface area contributed by atoms with Gasteiger partial charge >= 0.3 is 11.9 Å². The monoisotopic (exact) mass is 1610 g/mol. The summed E-state index contributed by atoms with van der Waals surface area (Å²) in [7, 11) is 0. The highest BCUT2D eigenvalue weighted by molar-refractivity contribution is 7.99. The molecule has 6 heterocycles. The molecule has 1 amide bonds. The molecule has 11 aliphatic rings. The van der Waals surface area contributed by atoms with E-state index in [9.17, 15) is 106 Å². The number of carboxylic acids is 2. The van der Waals surface area contributed by atoms with Gasteiger partial charge in [-0.3, -0.25) is 9.59 Å². The molecule has 4 saturated carbocycles. The lowest BCUT2D eigenvalue weighted by Gasteiger charge is -2.72. The molecule has 6 saturated heterocycles. The van der Waals surface area contributed by atoms with Crippen molar-refractivity contribution in [2.24, 2.45) is 50.2 Å². The molecule has 0 spiro atoms. The van der Waals surface area contributed by atoms with Gasteiger partial charge in [0.05, 0.1) is 56.2 Å². The second-order valence-corrected chi connectivity index (χ2v) is 36.3. The van der Waals surface area contributed by atoms with Crippen LogP contribution in [0.4, 0.5) is 0 Å². The van der Waals surface area contributed by atoms with Crippen molar-refractivity contribution >= 4 is 35.9 Å². The molecule has 10 fully saturated rings. The SMILES string of the molecule is CC1O[C@@H](OC2C(O)[C@@H](NC(=O)CCCCCCCCCCC(=O)O)C(CO)O[C@H]2SC[C@]23CCC(C)(C)CC2C2=CCC4C5(C)CC[C@H](O[C@@H]6OC(C(=O)O)[C@@H](O)[C@H](O[C@@H]7OC[C@@H](O)[C@@H](O)C7O)C6O[C@@H]6OC(CO)[C@@H](O)[C@H](O)C6O)[C@](C)(C=O)[C@@H]5CC[C@]4(C)[C@]2(C)CC3O)C(O)C(O)[C@H]1O[C@@H]1OC[C@@H](O)C(O)C1O. The van der Waals surface area contributed by atoms with Crippen LogP contribution in [0.1, 0.15) is 170 Å². The maximum atomic E-state index is 14.3. The van der Waals surface area contributed by atoms with Crippen molar-refractivity contribution in [3.05, 3.63) is 11.6 Å². The van der Waals surface area contributed by atoms with E-state index < -0.39 is 261 Å². The summed E-state index contributed by atoms with van der Waals surface area (Å²) in [6, 6.07) is -1.28. The molecule has 11 rings (SSSR count). The van der Waals surface area contributed by atoms with E-state index in [1.807, 2.05) is 0 Å². The van der Waals surface area contributed by atoms with E-state index in [0.29, 0.717) is 64.2 Å². The number of thioether (sulfide) groups is 1. The van der Waals surface area contributed by atoms with Gasteiger partial charge in [-0.25, -0.2) is 4.79 Å². The van der Waals surface area contributed by atoms with E-state index >= 15 is 0 Å². The van der Waals surface area contributed by atoms with Gasteiger partial charge < -0.3 is 154 Å². The van der Waals surface area contributed by atoms with Crippen LogP contribution < -0.4 is 5.32 Å². The number of ether oxygens (including phenoxy) is 11. The maximum absolute atomic E-state index is 14.3. The van der Waals surface area contributed by atoms with Crippen LogP contribution in [0.2, 0.25) is 0 Å². The fourth-order valence-corrected chi connectivity index (χ4v) is 22.6. The van der Waals surface area contributed by atoms with Crippen LogP contribution in [0.5, 0.6) is 0 Å². The normalized spacial score (nSPS) is 49.2. The summed E-state index contributed by atoms with van der Waals surface area (Å²) >= 11 is 1.24. The zero-order chi connectivity index (χ0) is 80.9. The Balaban J connectivity index is 0.843. The average molecular weight is 1610 g/mol. The molecule has 19 N–H and O–H groups in total. The number of aliphatic carboxylic acids is 2. The summed E-state index contributed by atoms with van der Waals surface area (Å²) in [5.74, 6) is -3.60. The van der Waals surface area contributed by atoms with E-state index in [-0.39, 0.29) is 42.3 Å². The minimum atomic E-state index is -2.21. The van der Waals surface area contributed by atoms with Crippen LogP contribution >= 0.6 is 11.8 Å². The number of carboxylic acid groups (broad SMARTS) is 2. The van der Waals surface area contributed by atoms with Gasteiger partial charge in [-0.15, -0.1) is 11.8 Å². The topological polar surface area (TPSA) is 546 Å². The van der Waals surface area contributed by atoms with Crippen molar-refractivity contribution in [1.82, 2.24) is 5.32 Å². The lowest BCUT2D eigenvalue weighted by atomic mass is 9.33. The van der Waals surface area contributed by atoms with Crippen molar-refractivity contribution in [2.75, 3.05) is 32.2 Å². The summed E-state index contributed by atoms with van der Waals surface area (Å²) in [4.78, 5) is 52.2. The number of rotatable bonds is 29. The number of nitrogens with one attached hydrogen (secondary N) is 1. The van der Waals surface area contributed by atoms with Crippen LogP contribution in [0, 0.1) is 50.2 Å². The molecule has 6 aliphatic heterocycles. The Bertz CT molecular complexity index is 3160. The molecular formula is C76H123NO33S. The lowest BCUT2D eigenvalue weighted by molar-refractivity contribution is -0.391. The molecular weight excluding hydrogens is 1490 g/mol. The summed E-state index contributed by atoms with van der Waals surface area (Å²) < 4.78 is 67.4. The predicted octanol–water partition coefficient (Wildman–Crippen LogP) is -1.54. The second kappa shape index (κ2) is 36.0. The molecule has 0 aromatic heterocycles. The van der Waals surface area contributed by atoms with Gasteiger partial charge in [0.15, 0.2) is 37.6 Å². The molecule has 0 aromatic rings. The molecule has 0 bridgehead atoms. The minimum Gasteiger partial charge on any atom is -0.481 e. The number of unbranched alkanes of at least 4 members (excludes halogenated alkanes) is 7. The molecule has 111 heavy (non-hydrogen) atoms. The summed E-state index contributed by atoms with van der Waals surface area (Å²) in [6.45, 7) is 11.8. The summed E-state index contributed by atoms with van der Waals surface area (Å²) in [5.41, 5.74) is -4.36. The Labute approximate surface area is 649 Å². The fraction of sp³-hybridized carbons (Fsp3) is 0.921. The number of hydrogen-bond donors (Lipinski definition) is 19. The maximum Gasteiger partial charge on any atom is 0.335 e. The van der Waals surface area contributed by atoms with E-state index in [1.165, 1.54) is 24.3 Å². The van der Waals surface area contributed by atoms with Crippen molar-refractivity contribution in [2.45, 2.75) is 354 Å². The lowest BCUT2D eigenvalue weighted by Crippen LogP contribution is -2.69. The zero-order valence-corrected chi connectivity index (χ0v) is 65.1. The van der Waals surface area contributed by atoms with Crippen molar-refractivity contribution in [3.63, 3.8) is 0 Å². The van der Waals surface area contributed by atoms with Gasteiger partial charge in [-0.2, -0.15) is 0 Å². The van der Waals surface area contributed by atoms with Crippen LogP contribution in [-0.4, -0.2) is 332 Å². The average Bonchev–Trinajstić information content (AvgIpc) is 0.671. The Hall–Kier alpha value is -2.91. The van der Waals surface area contributed by atoms with Crippen molar-refractivity contribution < 1.29 is 163 Å². The highest BCUT2D eigenvalue weighted by Gasteiger charge is 2.72. The number of aliphatic hydroxyl groups is 16. The van der Waals surface area contributed by atoms with Gasteiger partial charge in [0.25, 0.3) is 0 Å².